The normalized spacial score (nSPS) is 10.9. The number of nitrogens with one attached hydrogen (secondary N) is 1. The Bertz CT molecular complexity index is 686. The topological polar surface area (TPSA) is 58.9 Å². The highest BCUT2D eigenvalue weighted by Crippen LogP contribution is 2.26. The Balaban J connectivity index is 2.22. The second kappa shape index (κ2) is 3.75. The summed E-state index contributed by atoms with van der Waals surface area (Å²) in [7, 11) is 0. The summed E-state index contributed by atoms with van der Waals surface area (Å²) in [6.45, 7) is 0. The van der Waals surface area contributed by atoms with Gasteiger partial charge in [0, 0.05) is 17.8 Å². The minimum atomic E-state index is -0.139. The van der Waals surface area contributed by atoms with Crippen molar-refractivity contribution < 1.29 is 9.21 Å². The summed E-state index contributed by atoms with van der Waals surface area (Å²) >= 11 is 6.07. The van der Waals surface area contributed by atoms with E-state index in [0.717, 1.165) is 0 Å². The van der Waals surface area contributed by atoms with Gasteiger partial charge in [-0.25, -0.2) is 4.98 Å². The highest BCUT2D eigenvalue weighted by atomic mass is 35.5. The zero-order valence-corrected chi connectivity index (χ0v) is 9.36. The first kappa shape index (κ1) is 10.1. The molecule has 17 heavy (non-hydrogen) atoms. The lowest BCUT2D eigenvalue weighted by Gasteiger charge is -1.97. The monoisotopic (exact) mass is 246 g/mol. The summed E-state index contributed by atoms with van der Waals surface area (Å²) in [6.07, 6.45) is 6.07. The van der Waals surface area contributed by atoms with Crippen LogP contribution >= 0.6 is 11.6 Å². The first-order valence-corrected chi connectivity index (χ1v) is 5.33. The fourth-order valence-electron chi connectivity index (χ4n) is 1.74. The van der Waals surface area contributed by atoms with E-state index >= 15 is 0 Å². The Labute approximate surface area is 101 Å². The van der Waals surface area contributed by atoms with E-state index in [-0.39, 0.29) is 5.78 Å². The van der Waals surface area contributed by atoms with Crippen molar-refractivity contribution in [1.29, 1.82) is 0 Å². The Hall–Kier alpha value is -2.07. The van der Waals surface area contributed by atoms with E-state index in [1.165, 1.54) is 12.5 Å². The van der Waals surface area contributed by atoms with Crippen molar-refractivity contribution in [1.82, 2.24) is 9.97 Å². The smallest absolute Gasteiger partial charge is 0.198 e. The molecule has 5 heteroatoms. The van der Waals surface area contributed by atoms with Gasteiger partial charge in [-0.1, -0.05) is 11.6 Å². The van der Waals surface area contributed by atoms with Crippen molar-refractivity contribution in [2.75, 3.05) is 0 Å². The molecule has 3 aromatic heterocycles. The van der Waals surface area contributed by atoms with E-state index in [4.69, 9.17) is 16.0 Å². The third kappa shape index (κ3) is 1.54. The highest BCUT2D eigenvalue weighted by molar-refractivity contribution is 6.37. The molecule has 0 radical (unpaired) electrons. The lowest BCUT2D eigenvalue weighted by atomic mass is 10.1. The van der Waals surface area contributed by atoms with Crippen LogP contribution < -0.4 is 0 Å². The number of furan rings is 1. The minimum absolute atomic E-state index is 0.139. The molecule has 0 aliphatic carbocycles. The van der Waals surface area contributed by atoms with Crippen LogP contribution in [-0.4, -0.2) is 15.8 Å². The van der Waals surface area contributed by atoms with Crippen LogP contribution in [-0.2, 0) is 0 Å². The van der Waals surface area contributed by atoms with Gasteiger partial charge in [-0.05, 0) is 12.1 Å². The fourth-order valence-corrected chi connectivity index (χ4v) is 1.99. The van der Waals surface area contributed by atoms with Crippen LogP contribution in [0.5, 0.6) is 0 Å². The minimum Gasteiger partial charge on any atom is -0.472 e. The van der Waals surface area contributed by atoms with Crippen LogP contribution in [0.2, 0.25) is 5.02 Å². The Morgan fingerprint density at radius 2 is 2.29 bits per heavy atom. The number of fused-ring (bicyclic) bond motifs is 1. The average molecular weight is 247 g/mol. The van der Waals surface area contributed by atoms with Crippen LogP contribution in [0.1, 0.15) is 15.9 Å². The molecule has 0 aromatic carbocycles. The van der Waals surface area contributed by atoms with Gasteiger partial charge in [0.05, 0.1) is 22.4 Å². The van der Waals surface area contributed by atoms with Crippen molar-refractivity contribution in [2.45, 2.75) is 0 Å². The van der Waals surface area contributed by atoms with Crippen molar-refractivity contribution >= 4 is 28.4 Å². The summed E-state index contributed by atoms with van der Waals surface area (Å²) in [5.74, 6) is -0.139. The van der Waals surface area contributed by atoms with Gasteiger partial charge in [-0.2, -0.15) is 0 Å². The molecule has 0 aliphatic rings. The fraction of sp³-hybridized carbons (Fsp3) is 0. The molecule has 0 fully saturated rings. The number of ketones is 1. The van der Waals surface area contributed by atoms with E-state index in [0.29, 0.717) is 27.2 Å². The summed E-state index contributed by atoms with van der Waals surface area (Å²) in [6, 6.07) is 3.27. The van der Waals surface area contributed by atoms with Crippen molar-refractivity contribution in [3.8, 4) is 0 Å². The number of carbonyl (C=O) groups excluding carboxylic acids is 1. The molecule has 0 saturated heterocycles. The molecule has 0 unspecified atom stereocenters. The van der Waals surface area contributed by atoms with Crippen molar-refractivity contribution in [3.05, 3.63) is 53.2 Å². The maximum atomic E-state index is 12.2. The molecule has 3 rings (SSSR count). The van der Waals surface area contributed by atoms with E-state index < -0.39 is 0 Å². The number of aromatic amines is 1. The Morgan fingerprint density at radius 3 is 3.06 bits per heavy atom. The van der Waals surface area contributed by atoms with Gasteiger partial charge < -0.3 is 9.40 Å². The van der Waals surface area contributed by atoms with E-state index in [2.05, 4.69) is 9.97 Å². The molecule has 0 atom stereocenters. The van der Waals surface area contributed by atoms with Crippen LogP contribution in [0.4, 0.5) is 0 Å². The third-order valence-corrected chi connectivity index (χ3v) is 2.87. The van der Waals surface area contributed by atoms with Gasteiger partial charge in [0.1, 0.15) is 11.9 Å². The zero-order chi connectivity index (χ0) is 11.8. The number of pyridine rings is 1. The zero-order valence-electron chi connectivity index (χ0n) is 8.61. The number of hydrogen-bond donors (Lipinski definition) is 1. The molecule has 84 valence electrons. The molecule has 3 aromatic rings. The molecule has 0 aliphatic heterocycles. The number of nitrogens with zero attached hydrogens (tertiary/aromatic N) is 1. The second-order valence-electron chi connectivity index (χ2n) is 3.56. The van der Waals surface area contributed by atoms with Gasteiger partial charge in [-0.15, -0.1) is 0 Å². The largest absolute Gasteiger partial charge is 0.472 e. The molecule has 1 N–H and O–H groups in total. The SMILES string of the molecule is O=C(c1ccoc1)c1c[nH]c2nccc(Cl)c12. The first-order valence-electron chi connectivity index (χ1n) is 4.96. The number of carbonyl (C=O) groups is 1. The Kier molecular flexibility index (Phi) is 2.23. The van der Waals surface area contributed by atoms with E-state index in [9.17, 15) is 4.79 Å². The van der Waals surface area contributed by atoms with Gasteiger partial charge in [-0.3, -0.25) is 4.79 Å². The van der Waals surface area contributed by atoms with Gasteiger partial charge in [0.15, 0.2) is 5.78 Å². The van der Waals surface area contributed by atoms with Gasteiger partial charge in [0.2, 0.25) is 0 Å². The number of hydrogen-bond acceptors (Lipinski definition) is 3. The molecule has 0 spiro atoms. The maximum absolute atomic E-state index is 12.2. The molecular weight excluding hydrogens is 240 g/mol. The molecule has 3 heterocycles. The summed E-state index contributed by atoms with van der Waals surface area (Å²) < 4.78 is 4.90. The highest BCUT2D eigenvalue weighted by Gasteiger charge is 2.17. The summed E-state index contributed by atoms with van der Waals surface area (Å²) in [4.78, 5) is 19.2. The number of rotatable bonds is 2. The summed E-state index contributed by atoms with van der Waals surface area (Å²) in [5, 5.41) is 1.14. The predicted molar refractivity (Wildman–Crippen MR) is 63.2 cm³/mol. The lowest BCUT2D eigenvalue weighted by molar-refractivity contribution is 0.103. The van der Waals surface area contributed by atoms with Crippen molar-refractivity contribution in [3.63, 3.8) is 0 Å². The van der Waals surface area contributed by atoms with Gasteiger partial charge in [0.25, 0.3) is 0 Å². The predicted octanol–water partition coefficient (Wildman–Crippen LogP) is 3.04. The number of aromatic nitrogens is 2. The molecule has 4 nitrogen and oxygen atoms in total. The number of H-pyrrole nitrogens is 1. The van der Waals surface area contributed by atoms with E-state index in [1.807, 2.05) is 0 Å². The van der Waals surface area contributed by atoms with E-state index in [1.54, 1.807) is 24.5 Å². The Morgan fingerprint density at radius 1 is 1.41 bits per heavy atom. The van der Waals surface area contributed by atoms with Crippen molar-refractivity contribution in [2.24, 2.45) is 0 Å². The third-order valence-electron chi connectivity index (χ3n) is 2.55. The molecule has 0 saturated carbocycles. The molecular formula is C12H7ClN2O2. The van der Waals surface area contributed by atoms with Crippen LogP contribution in [0, 0.1) is 0 Å². The standard InChI is InChI=1S/C12H7ClN2O2/c13-9-1-3-14-12-10(9)8(5-15-12)11(16)7-2-4-17-6-7/h1-6H,(H,14,15). The summed E-state index contributed by atoms with van der Waals surface area (Å²) in [5.41, 5.74) is 1.59. The quantitative estimate of drug-likeness (QED) is 0.707. The first-order chi connectivity index (χ1) is 8.27. The van der Waals surface area contributed by atoms with Crippen LogP contribution in [0.25, 0.3) is 11.0 Å². The molecule has 0 bridgehead atoms. The van der Waals surface area contributed by atoms with Crippen LogP contribution in [0.15, 0.2) is 41.5 Å². The lowest BCUT2D eigenvalue weighted by Crippen LogP contribution is -1.98. The maximum Gasteiger partial charge on any atom is 0.198 e. The number of halogens is 1. The van der Waals surface area contributed by atoms with Gasteiger partial charge >= 0.3 is 0 Å². The second-order valence-corrected chi connectivity index (χ2v) is 3.97. The molecule has 0 amide bonds. The van der Waals surface area contributed by atoms with Crippen LogP contribution in [0.3, 0.4) is 0 Å². The average Bonchev–Trinajstić information content (AvgIpc) is 2.98.